The summed E-state index contributed by atoms with van der Waals surface area (Å²) in [5.74, 6) is -0.478. The van der Waals surface area contributed by atoms with Gasteiger partial charge in [-0.05, 0) is 50.5 Å². The van der Waals surface area contributed by atoms with Crippen LogP contribution >= 0.6 is 0 Å². The predicted octanol–water partition coefficient (Wildman–Crippen LogP) is 2.40. The summed E-state index contributed by atoms with van der Waals surface area (Å²) in [5, 5.41) is 18.3. The fourth-order valence-electron chi connectivity index (χ4n) is 2.77. The Labute approximate surface area is 107 Å². The average Bonchev–Trinajstić information content (AvgIpc) is 2.63. The van der Waals surface area contributed by atoms with Gasteiger partial charge in [0.05, 0.1) is 0 Å². The number of phenols is 1. The van der Waals surface area contributed by atoms with Crippen LogP contribution in [-0.4, -0.2) is 28.3 Å². The number of fused-ring (bicyclic) bond motifs is 1. The molecule has 4 nitrogen and oxygen atoms in total. The lowest BCUT2D eigenvalue weighted by Gasteiger charge is -2.31. The molecular formula is C14H19NO3. The summed E-state index contributed by atoms with van der Waals surface area (Å²) in [7, 11) is 0. The molecule has 1 aromatic rings. The molecule has 0 aliphatic carbocycles. The van der Waals surface area contributed by atoms with Crippen molar-refractivity contribution in [2.24, 2.45) is 0 Å². The first-order valence-corrected chi connectivity index (χ1v) is 6.31. The van der Waals surface area contributed by atoms with E-state index in [1.54, 1.807) is 12.1 Å². The Morgan fingerprint density at radius 2 is 2.22 bits per heavy atom. The van der Waals surface area contributed by atoms with Crippen LogP contribution in [0, 0.1) is 0 Å². The van der Waals surface area contributed by atoms with Crippen molar-refractivity contribution in [2.75, 3.05) is 4.90 Å². The summed E-state index contributed by atoms with van der Waals surface area (Å²) >= 11 is 0. The van der Waals surface area contributed by atoms with Crippen molar-refractivity contribution in [3.8, 4) is 5.75 Å². The van der Waals surface area contributed by atoms with E-state index in [0.29, 0.717) is 12.5 Å². The monoisotopic (exact) mass is 249 g/mol. The Balaban J connectivity index is 2.22. The van der Waals surface area contributed by atoms with E-state index in [1.807, 2.05) is 6.07 Å². The second-order valence-corrected chi connectivity index (χ2v) is 5.10. The lowest BCUT2D eigenvalue weighted by Crippen LogP contribution is -2.38. The highest BCUT2D eigenvalue weighted by Crippen LogP contribution is 2.37. The molecule has 1 aliphatic rings. The number of aromatic hydroxyl groups is 1. The van der Waals surface area contributed by atoms with E-state index >= 15 is 0 Å². The van der Waals surface area contributed by atoms with Gasteiger partial charge in [0.2, 0.25) is 0 Å². The Morgan fingerprint density at radius 3 is 2.83 bits per heavy atom. The van der Waals surface area contributed by atoms with Gasteiger partial charge in [-0.15, -0.1) is 0 Å². The number of carboxylic acid groups (broad SMARTS) is 1. The molecule has 0 aromatic heterocycles. The van der Waals surface area contributed by atoms with Crippen molar-refractivity contribution in [3.63, 3.8) is 0 Å². The zero-order valence-electron chi connectivity index (χ0n) is 10.8. The highest BCUT2D eigenvalue weighted by molar-refractivity contribution is 5.67. The van der Waals surface area contributed by atoms with Gasteiger partial charge in [-0.3, -0.25) is 4.79 Å². The second kappa shape index (κ2) is 4.88. The van der Waals surface area contributed by atoms with Crippen LogP contribution in [0.2, 0.25) is 0 Å². The molecule has 1 unspecified atom stereocenters. The van der Waals surface area contributed by atoms with E-state index in [4.69, 9.17) is 5.11 Å². The van der Waals surface area contributed by atoms with Crippen molar-refractivity contribution in [2.45, 2.75) is 45.2 Å². The fraction of sp³-hybridized carbons (Fsp3) is 0.500. The van der Waals surface area contributed by atoms with Gasteiger partial charge in [0.25, 0.3) is 0 Å². The van der Waals surface area contributed by atoms with Gasteiger partial charge < -0.3 is 15.1 Å². The van der Waals surface area contributed by atoms with E-state index in [-0.39, 0.29) is 18.2 Å². The van der Waals surface area contributed by atoms with Gasteiger partial charge in [-0.25, -0.2) is 0 Å². The SMILES string of the molecule is CC(C)N1c2ccc(O)cc2CC1CCC(=O)O. The maximum atomic E-state index is 10.7. The maximum absolute atomic E-state index is 10.7. The van der Waals surface area contributed by atoms with Crippen LogP contribution in [0.1, 0.15) is 32.3 Å². The van der Waals surface area contributed by atoms with Gasteiger partial charge in [-0.1, -0.05) is 0 Å². The van der Waals surface area contributed by atoms with Crippen molar-refractivity contribution in [3.05, 3.63) is 23.8 Å². The molecule has 18 heavy (non-hydrogen) atoms. The normalized spacial score (nSPS) is 18.2. The van der Waals surface area contributed by atoms with Crippen molar-refractivity contribution in [1.82, 2.24) is 0 Å². The number of hydrogen-bond donors (Lipinski definition) is 2. The molecule has 0 saturated heterocycles. The van der Waals surface area contributed by atoms with Crippen LogP contribution in [-0.2, 0) is 11.2 Å². The molecule has 2 rings (SSSR count). The minimum Gasteiger partial charge on any atom is -0.508 e. The fourth-order valence-corrected chi connectivity index (χ4v) is 2.77. The Hall–Kier alpha value is -1.71. The number of benzene rings is 1. The number of nitrogens with zero attached hydrogens (tertiary/aromatic N) is 1. The molecule has 1 atom stereocenters. The van der Waals surface area contributed by atoms with Crippen LogP contribution in [0.25, 0.3) is 0 Å². The number of anilines is 1. The molecule has 1 heterocycles. The Morgan fingerprint density at radius 1 is 1.50 bits per heavy atom. The first kappa shape index (κ1) is 12.7. The first-order valence-electron chi connectivity index (χ1n) is 6.31. The summed E-state index contributed by atoms with van der Waals surface area (Å²) in [5.41, 5.74) is 2.23. The molecule has 1 aromatic carbocycles. The minimum absolute atomic E-state index is 0.188. The highest BCUT2D eigenvalue weighted by atomic mass is 16.4. The number of rotatable bonds is 4. The molecule has 0 amide bonds. The summed E-state index contributed by atoms with van der Waals surface area (Å²) < 4.78 is 0. The molecular weight excluding hydrogens is 230 g/mol. The third-order valence-electron chi connectivity index (χ3n) is 3.44. The van der Waals surface area contributed by atoms with Gasteiger partial charge in [0.15, 0.2) is 0 Å². The van der Waals surface area contributed by atoms with Crippen LogP contribution in [0.4, 0.5) is 5.69 Å². The third kappa shape index (κ3) is 2.42. The first-order chi connectivity index (χ1) is 8.49. The molecule has 2 N–H and O–H groups in total. The summed E-state index contributed by atoms with van der Waals surface area (Å²) in [6, 6.07) is 5.94. The molecule has 98 valence electrons. The maximum Gasteiger partial charge on any atom is 0.303 e. The number of hydrogen-bond acceptors (Lipinski definition) is 3. The van der Waals surface area contributed by atoms with E-state index < -0.39 is 5.97 Å². The van der Waals surface area contributed by atoms with Crippen molar-refractivity contribution >= 4 is 11.7 Å². The van der Waals surface area contributed by atoms with E-state index in [0.717, 1.165) is 17.7 Å². The van der Waals surface area contributed by atoms with Crippen molar-refractivity contribution < 1.29 is 15.0 Å². The van der Waals surface area contributed by atoms with Crippen LogP contribution < -0.4 is 4.90 Å². The average molecular weight is 249 g/mol. The van der Waals surface area contributed by atoms with Gasteiger partial charge in [0.1, 0.15) is 5.75 Å². The summed E-state index contributed by atoms with van der Waals surface area (Å²) in [6.07, 6.45) is 1.64. The van der Waals surface area contributed by atoms with E-state index in [2.05, 4.69) is 18.7 Å². The topological polar surface area (TPSA) is 60.8 Å². The number of carbonyl (C=O) groups is 1. The van der Waals surface area contributed by atoms with E-state index in [1.165, 1.54) is 0 Å². The Kier molecular flexibility index (Phi) is 3.45. The zero-order chi connectivity index (χ0) is 13.3. The summed E-state index contributed by atoms with van der Waals surface area (Å²) in [6.45, 7) is 4.21. The predicted molar refractivity (Wildman–Crippen MR) is 70.1 cm³/mol. The molecule has 0 fully saturated rings. The number of phenolic OH excluding ortho intramolecular Hbond substituents is 1. The molecule has 1 aliphatic heterocycles. The minimum atomic E-state index is -0.752. The summed E-state index contributed by atoms with van der Waals surface area (Å²) in [4.78, 5) is 13.0. The Bertz CT molecular complexity index is 456. The molecule has 4 heteroatoms. The molecule has 0 bridgehead atoms. The highest BCUT2D eigenvalue weighted by Gasteiger charge is 2.31. The van der Waals surface area contributed by atoms with Crippen LogP contribution in [0.3, 0.4) is 0 Å². The van der Waals surface area contributed by atoms with Crippen molar-refractivity contribution in [1.29, 1.82) is 0 Å². The van der Waals surface area contributed by atoms with Gasteiger partial charge >= 0.3 is 5.97 Å². The second-order valence-electron chi connectivity index (χ2n) is 5.10. The molecule has 0 radical (unpaired) electrons. The third-order valence-corrected chi connectivity index (χ3v) is 3.44. The van der Waals surface area contributed by atoms with Crippen LogP contribution in [0.5, 0.6) is 5.75 Å². The largest absolute Gasteiger partial charge is 0.508 e. The standard InChI is InChI=1S/C14H19NO3/c1-9(2)15-11(3-6-14(17)18)7-10-8-12(16)4-5-13(10)15/h4-5,8-9,11,16H,3,6-7H2,1-2H3,(H,17,18). The smallest absolute Gasteiger partial charge is 0.303 e. The van der Waals surface area contributed by atoms with Gasteiger partial charge in [-0.2, -0.15) is 0 Å². The number of carboxylic acids is 1. The molecule has 0 saturated carbocycles. The lowest BCUT2D eigenvalue weighted by molar-refractivity contribution is -0.137. The number of aliphatic carboxylic acids is 1. The zero-order valence-corrected chi connectivity index (χ0v) is 10.8. The van der Waals surface area contributed by atoms with Gasteiger partial charge in [0, 0.05) is 24.2 Å². The quantitative estimate of drug-likeness (QED) is 0.860. The lowest BCUT2D eigenvalue weighted by atomic mass is 10.1. The molecule has 0 spiro atoms. The van der Waals surface area contributed by atoms with E-state index in [9.17, 15) is 9.90 Å². The van der Waals surface area contributed by atoms with Crippen LogP contribution in [0.15, 0.2) is 18.2 Å².